The maximum atomic E-state index is 12.0. The van der Waals surface area contributed by atoms with E-state index in [1.807, 2.05) is 32.0 Å². The van der Waals surface area contributed by atoms with E-state index in [1.54, 1.807) is 0 Å². The molecule has 0 radical (unpaired) electrons. The third kappa shape index (κ3) is 4.32. The quantitative estimate of drug-likeness (QED) is 0.832. The normalized spacial score (nSPS) is 10.2. The largest absolute Gasteiger partial charge is 0.508 e. The fourth-order valence-corrected chi connectivity index (χ4v) is 2.19. The molecule has 0 bridgehead atoms. The van der Waals surface area contributed by atoms with Gasteiger partial charge in [0.1, 0.15) is 5.75 Å². The van der Waals surface area contributed by atoms with Crippen molar-refractivity contribution in [1.29, 1.82) is 0 Å². The molecule has 2 rings (SSSR count). The lowest BCUT2D eigenvalue weighted by Crippen LogP contribution is -2.22. The molecule has 2 N–H and O–H groups in total. The topological polar surface area (TPSA) is 75.6 Å². The molecule has 2 aromatic carbocycles. The van der Waals surface area contributed by atoms with Crippen molar-refractivity contribution in [2.24, 2.45) is 0 Å². The first-order valence-electron chi connectivity index (χ1n) is 7.35. The fourth-order valence-electron chi connectivity index (χ4n) is 2.19. The first-order valence-corrected chi connectivity index (χ1v) is 7.35. The Morgan fingerprint density at radius 2 is 1.83 bits per heavy atom. The highest BCUT2D eigenvalue weighted by molar-refractivity contribution is 5.96. The van der Waals surface area contributed by atoms with Gasteiger partial charge in [-0.1, -0.05) is 25.1 Å². The Morgan fingerprint density at radius 3 is 2.48 bits per heavy atom. The predicted molar refractivity (Wildman–Crippen MR) is 87.6 cm³/mol. The van der Waals surface area contributed by atoms with Crippen LogP contribution in [0.5, 0.6) is 5.75 Å². The molecule has 0 fully saturated rings. The molecule has 2 aromatic rings. The summed E-state index contributed by atoms with van der Waals surface area (Å²) < 4.78 is 4.98. The summed E-state index contributed by atoms with van der Waals surface area (Å²) in [6.07, 6.45) is 0.796. The molecule has 0 spiro atoms. The minimum absolute atomic E-state index is 0.0611. The smallest absolute Gasteiger partial charge is 0.338 e. The van der Waals surface area contributed by atoms with Crippen molar-refractivity contribution in [3.63, 3.8) is 0 Å². The molecule has 0 aliphatic heterocycles. The highest BCUT2D eigenvalue weighted by atomic mass is 16.5. The first-order chi connectivity index (χ1) is 11.0. The summed E-state index contributed by atoms with van der Waals surface area (Å²) in [5.74, 6) is -0.937. The molecule has 0 saturated carbocycles. The van der Waals surface area contributed by atoms with Crippen molar-refractivity contribution in [3.05, 3.63) is 59.2 Å². The van der Waals surface area contributed by atoms with Crippen molar-refractivity contribution in [1.82, 2.24) is 0 Å². The average Bonchev–Trinajstić information content (AvgIpc) is 2.55. The number of hydrogen-bond donors (Lipinski definition) is 2. The number of rotatable bonds is 5. The van der Waals surface area contributed by atoms with Gasteiger partial charge >= 0.3 is 5.97 Å². The molecule has 1 amide bonds. The Morgan fingerprint density at radius 1 is 1.13 bits per heavy atom. The standard InChI is InChI=1S/C18H19NO4/c1-3-13-6-4-5-12(2)17(13)19-16(21)11-23-18(22)14-7-9-15(20)10-8-14/h4-10,20H,3,11H2,1-2H3,(H,19,21). The van der Waals surface area contributed by atoms with E-state index >= 15 is 0 Å². The minimum atomic E-state index is -0.611. The van der Waals surface area contributed by atoms with Gasteiger partial charge in [0.25, 0.3) is 5.91 Å². The number of hydrogen-bond acceptors (Lipinski definition) is 4. The van der Waals surface area contributed by atoms with Crippen LogP contribution in [0.2, 0.25) is 0 Å². The third-order valence-corrected chi connectivity index (χ3v) is 3.44. The van der Waals surface area contributed by atoms with E-state index < -0.39 is 5.97 Å². The summed E-state index contributed by atoms with van der Waals surface area (Å²) in [4.78, 5) is 23.8. The van der Waals surface area contributed by atoms with Crippen molar-refractivity contribution < 1.29 is 19.4 Å². The van der Waals surface area contributed by atoms with Crippen LogP contribution in [0.15, 0.2) is 42.5 Å². The van der Waals surface area contributed by atoms with Gasteiger partial charge in [-0.05, 0) is 48.7 Å². The van der Waals surface area contributed by atoms with Crippen molar-refractivity contribution in [2.75, 3.05) is 11.9 Å². The number of nitrogens with one attached hydrogen (secondary N) is 1. The summed E-state index contributed by atoms with van der Waals surface area (Å²) in [6, 6.07) is 11.4. The second-order valence-corrected chi connectivity index (χ2v) is 5.13. The number of phenols is 1. The van der Waals surface area contributed by atoms with Crippen LogP contribution in [0.4, 0.5) is 5.69 Å². The number of carbonyl (C=O) groups is 2. The first kappa shape index (κ1) is 16.5. The van der Waals surface area contributed by atoms with Crippen molar-refractivity contribution in [3.8, 4) is 5.75 Å². The van der Waals surface area contributed by atoms with Gasteiger partial charge in [0, 0.05) is 5.69 Å². The number of aromatic hydroxyl groups is 1. The van der Waals surface area contributed by atoms with Gasteiger partial charge in [-0.2, -0.15) is 0 Å². The Bertz CT molecular complexity index is 707. The van der Waals surface area contributed by atoms with Crippen LogP contribution in [0.25, 0.3) is 0 Å². The van der Waals surface area contributed by atoms with E-state index in [2.05, 4.69) is 5.32 Å². The third-order valence-electron chi connectivity index (χ3n) is 3.44. The number of benzene rings is 2. The zero-order valence-corrected chi connectivity index (χ0v) is 13.1. The van der Waals surface area contributed by atoms with Crippen LogP contribution in [-0.2, 0) is 16.0 Å². The number of ether oxygens (including phenoxy) is 1. The summed E-state index contributed by atoms with van der Waals surface area (Å²) >= 11 is 0. The van der Waals surface area contributed by atoms with Crippen LogP contribution < -0.4 is 5.32 Å². The molecular weight excluding hydrogens is 294 g/mol. The lowest BCUT2D eigenvalue weighted by Gasteiger charge is -2.13. The molecule has 0 atom stereocenters. The molecule has 5 heteroatoms. The predicted octanol–water partition coefficient (Wildman–Crippen LogP) is 3.06. The molecular formula is C18H19NO4. The number of esters is 1. The number of carbonyl (C=O) groups excluding carboxylic acids is 2. The second kappa shape index (κ2) is 7.45. The van der Waals surface area contributed by atoms with Crippen LogP contribution in [0.1, 0.15) is 28.4 Å². The molecule has 5 nitrogen and oxygen atoms in total. The summed E-state index contributed by atoms with van der Waals surface area (Å²) in [6.45, 7) is 3.56. The Kier molecular flexibility index (Phi) is 5.36. The molecule has 0 unspecified atom stereocenters. The van der Waals surface area contributed by atoms with Gasteiger partial charge in [-0.25, -0.2) is 4.79 Å². The van der Waals surface area contributed by atoms with Crippen LogP contribution in [0.3, 0.4) is 0 Å². The van der Waals surface area contributed by atoms with E-state index in [4.69, 9.17) is 4.74 Å². The average molecular weight is 313 g/mol. The van der Waals surface area contributed by atoms with E-state index in [1.165, 1.54) is 24.3 Å². The van der Waals surface area contributed by atoms with Crippen LogP contribution in [0, 0.1) is 6.92 Å². The van der Waals surface area contributed by atoms with Gasteiger partial charge in [0.15, 0.2) is 6.61 Å². The SMILES string of the molecule is CCc1cccc(C)c1NC(=O)COC(=O)c1ccc(O)cc1. The fraction of sp³-hybridized carbons (Fsp3) is 0.222. The summed E-state index contributed by atoms with van der Waals surface area (Å²) in [7, 11) is 0. The van der Waals surface area contributed by atoms with Gasteiger partial charge in [0.2, 0.25) is 0 Å². The number of anilines is 1. The number of para-hydroxylation sites is 1. The second-order valence-electron chi connectivity index (χ2n) is 5.13. The molecule has 0 aliphatic rings. The van der Waals surface area contributed by atoms with Crippen molar-refractivity contribution in [2.45, 2.75) is 20.3 Å². The Balaban J connectivity index is 1.95. The maximum Gasteiger partial charge on any atom is 0.338 e. The van der Waals surface area contributed by atoms with Crippen molar-refractivity contribution >= 4 is 17.6 Å². The molecule has 0 saturated heterocycles. The monoisotopic (exact) mass is 313 g/mol. The molecule has 0 aromatic heterocycles. The van der Waals surface area contributed by atoms with Gasteiger partial charge in [0.05, 0.1) is 5.56 Å². The molecule has 120 valence electrons. The number of aryl methyl sites for hydroxylation is 2. The summed E-state index contributed by atoms with van der Waals surface area (Å²) in [5, 5.41) is 12.0. The van der Waals surface area contributed by atoms with E-state index in [0.29, 0.717) is 0 Å². The van der Waals surface area contributed by atoms with Gasteiger partial charge < -0.3 is 15.2 Å². The zero-order valence-electron chi connectivity index (χ0n) is 13.1. The lowest BCUT2D eigenvalue weighted by atomic mass is 10.1. The Labute approximate surface area is 134 Å². The van der Waals surface area contributed by atoms with Gasteiger partial charge in [-0.3, -0.25) is 4.79 Å². The van der Waals surface area contributed by atoms with E-state index in [-0.39, 0.29) is 23.8 Å². The Hall–Kier alpha value is -2.82. The van der Waals surface area contributed by atoms with Crippen LogP contribution in [-0.4, -0.2) is 23.6 Å². The summed E-state index contributed by atoms with van der Waals surface area (Å²) in [5.41, 5.74) is 3.03. The number of phenolic OH excluding ortho intramolecular Hbond substituents is 1. The number of amides is 1. The lowest BCUT2D eigenvalue weighted by molar-refractivity contribution is -0.119. The van der Waals surface area contributed by atoms with Gasteiger partial charge in [-0.15, -0.1) is 0 Å². The zero-order chi connectivity index (χ0) is 16.8. The maximum absolute atomic E-state index is 12.0. The minimum Gasteiger partial charge on any atom is -0.508 e. The van der Waals surface area contributed by atoms with E-state index in [9.17, 15) is 14.7 Å². The highest BCUT2D eigenvalue weighted by Crippen LogP contribution is 2.21. The van der Waals surface area contributed by atoms with E-state index in [0.717, 1.165) is 23.2 Å². The molecule has 0 heterocycles. The van der Waals surface area contributed by atoms with Crippen LogP contribution >= 0.6 is 0 Å². The molecule has 0 aliphatic carbocycles. The molecule has 23 heavy (non-hydrogen) atoms. The highest BCUT2D eigenvalue weighted by Gasteiger charge is 2.12.